The molecule has 0 radical (unpaired) electrons. The third kappa shape index (κ3) is 14.4. The summed E-state index contributed by atoms with van der Waals surface area (Å²) in [6, 6.07) is 17.6. The van der Waals surface area contributed by atoms with Crippen molar-refractivity contribution in [1.29, 1.82) is 0 Å². The van der Waals surface area contributed by atoms with E-state index in [1.54, 1.807) is 0 Å². The Kier molecular flexibility index (Phi) is 21.1. The molecule has 0 amide bonds. The van der Waals surface area contributed by atoms with Crippen molar-refractivity contribution in [3.63, 3.8) is 0 Å². The fourth-order valence-corrected chi connectivity index (χ4v) is 8.13. The number of nitrogens with two attached hydrogens (primary N) is 2. The molecule has 0 saturated carbocycles. The summed E-state index contributed by atoms with van der Waals surface area (Å²) in [5, 5.41) is 7.63. The van der Waals surface area contributed by atoms with E-state index in [4.69, 9.17) is 5.84 Å². The minimum Gasteiger partial charge on any atom is -0.405 e. The molecule has 57 heavy (non-hydrogen) atoms. The Balaban J connectivity index is 0.00000281. The molecule has 310 valence electrons. The van der Waals surface area contributed by atoms with Gasteiger partial charge in [0.15, 0.2) is 5.71 Å². The minimum absolute atomic E-state index is 0.0216. The number of hydrazone groups is 1. The van der Waals surface area contributed by atoms with E-state index >= 15 is 0 Å². The van der Waals surface area contributed by atoms with Crippen molar-refractivity contribution in [2.75, 3.05) is 38.1 Å². The van der Waals surface area contributed by atoms with Gasteiger partial charge in [0, 0.05) is 53.8 Å². The lowest BCUT2D eigenvalue weighted by molar-refractivity contribution is -0.401. The molecular weight excluding hydrogens is 699 g/mol. The van der Waals surface area contributed by atoms with Crippen molar-refractivity contribution in [1.82, 2.24) is 5.32 Å². The molecule has 2 aromatic carbocycles. The number of benzene rings is 2. The van der Waals surface area contributed by atoms with Gasteiger partial charge < -0.3 is 21.8 Å². The van der Waals surface area contributed by atoms with Crippen LogP contribution in [-0.2, 0) is 10.8 Å². The summed E-state index contributed by atoms with van der Waals surface area (Å²) in [4.78, 5) is 7.19. The van der Waals surface area contributed by atoms with E-state index in [2.05, 4.69) is 157 Å². The van der Waals surface area contributed by atoms with Crippen LogP contribution in [0.3, 0.4) is 0 Å². The lowest BCUT2D eigenvalue weighted by atomic mass is 9.81. The average molecular weight is 775 g/mol. The molecule has 0 spiro atoms. The van der Waals surface area contributed by atoms with E-state index in [0.717, 1.165) is 70.4 Å². The van der Waals surface area contributed by atoms with Gasteiger partial charge in [-0.1, -0.05) is 120 Å². The molecule has 2 aliphatic rings. The highest BCUT2D eigenvalue weighted by molar-refractivity contribution is 6.30. The summed E-state index contributed by atoms with van der Waals surface area (Å²) in [5.41, 5.74) is 13.5. The van der Waals surface area contributed by atoms with Crippen LogP contribution in [0.15, 0.2) is 120 Å². The highest BCUT2D eigenvalue weighted by Gasteiger charge is 2.42. The van der Waals surface area contributed by atoms with Crippen LogP contribution in [0, 0.1) is 0 Å². The number of aliphatic imine (C=N–C) groups is 1. The zero-order valence-corrected chi connectivity index (χ0v) is 36.3. The molecular formula is C50H76N7+. The standard InChI is InChI=1S/C48H71N6.C2H5N/c1-7-8-9-12-24-35-50-36-25-13-10-11-14-26-37-51-39-40(52-49)28-17-16-27-38-54-44-32-23-21-30-42(44)48(4,5)46(54)34-19-15-18-33-45-47(2,3)41-29-20-22-31-43(41)53(45)6;1-2-3/h7,15,18-23,29-34,39,50H,1,8-14,16-17,24-28,35-38,49H2,2-6H3;2H,1,3H2/q+1;/b51-39?,52-40-;. The number of nitrogens with zero attached hydrogens (tertiary/aromatic N) is 4. The van der Waals surface area contributed by atoms with Crippen molar-refractivity contribution >= 4 is 29.0 Å². The number of fused-ring (bicyclic) bond motifs is 2. The Labute approximate surface area is 347 Å². The van der Waals surface area contributed by atoms with Gasteiger partial charge in [-0.3, -0.25) is 4.99 Å². The number of hydrogen-bond acceptors (Lipinski definition) is 6. The maximum absolute atomic E-state index is 5.76. The van der Waals surface area contributed by atoms with Crippen molar-refractivity contribution in [3.8, 4) is 0 Å². The molecule has 0 aliphatic carbocycles. The van der Waals surface area contributed by atoms with Gasteiger partial charge in [0.1, 0.15) is 7.05 Å². The maximum Gasteiger partial charge on any atom is 0.209 e. The Bertz CT molecular complexity index is 1700. The number of hydrogen-bond donors (Lipinski definition) is 3. The topological polar surface area (TPSA) is 95.0 Å². The van der Waals surface area contributed by atoms with Crippen LogP contribution in [-0.4, -0.2) is 55.4 Å². The predicted molar refractivity (Wildman–Crippen MR) is 251 cm³/mol. The molecule has 2 heterocycles. The normalized spacial score (nSPS) is 16.5. The number of para-hydroxylation sites is 2. The van der Waals surface area contributed by atoms with Gasteiger partial charge >= 0.3 is 0 Å². The highest BCUT2D eigenvalue weighted by atomic mass is 15.2. The van der Waals surface area contributed by atoms with Crippen molar-refractivity contribution in [2.24, 2.45) is 21.7 Å². The van der Waals surface area contributed by atoms with Crippen molar-refractivity contribution in [2.45, 2.75) is 128 Å². The Hall–Kier alpha value is -4.49. The Morgan fingerprint density at radius 1 is 0.772 bits per heavy atom. The SMILES string of the molecule is C=CCCCCCNCCCCCCCCN=C/C(CCCCCN1/C(=C/C=C/C=C/C2=[N+](C)c3ccccc3C2(C)C)C(C)(C)c2ccccc21)=N\N.C=CN. The first-order valence-electron chi connectivity index (χ1n) is 21.7. The third-order valence-corrected chi connectivity index (χ3v) is 11.3. The molecule has 0 bridgehead atoms. The molecule has 5 N–H and O–H groups in total. The van der Waals surface area contributed by atoms with Gasteiger partial charge in [-0.05, 0) is 102 Å². The molecule has 0 aromatic heterocycles. The second-order valence-electron chi connectivity index (χ2n) is 16.4. The summed E-state index contributed by atoms with van der Waals surface area (Å²) in [6.45, 7) is 20.4. The first-order valence-corrected chi connectivity index (χ1v) is 21.7. The summed E-state index contributed by atoms with van der Waals surface area (Å²) in [6.07, 6.45) is 33.1. The predicted octanol–water partition coefficient (Wildman–Crippen LogP) is 11.2. The molecule has 0 unspecified atom stereocenters. The fraction of sp³-hybridized carbons (Fsp3) is 0.500. The zero-order valence-electron chi connectivity index (χ0n) is 36.3. The Morgan fingerprint density at radius 2 is 1.40 bits per heavy atom. The molecule has 0 atom stereocenters. The van der Waals surface area contributed by atoms with E-state index in [1.165, 1.54) is 91.5 Å². The van der Waals surface area contributed by atoms with Crippen LogP contribution in [0.5, 0.6) is 0 Å². The van der Waals surface area contributed by atoms with E-state index in [0.29, 0.717) is 0 Å². The summed E-state index contributed by atoms with van der Waals surface area (Å²) < 4.78 is 2.32. The largest absolute Gasteiger partial charge is 0.405 e. The minimum atomic E-state index is -0.0627. The average Bonchev–Trinajstić information content (AvgIpc) is 3.54. The number of nitrogens with one attached hydrogen (secondary N) is 1. The van der Waals surface area contributed by atoms with E-state index < -0.39 is 0 Å². The molecule has 7 heteroatoms. The number of unbranched alkanes of at least 4 members (excludes halogenated alkanes) is 10. The third-order valence-electron chi connectivity index (χ3n) is 11.3. The van der Waals surface area contributed by atoms with Crippen LogP contribution >= 0.6 is 0 Å². The molecule has 0 saturated heterocycles. The number of rotatable bonds is 25. The second-order valence-corrected chi connectivity index (χ2v) is 16.4. The van der Waals surface area contributed by atoms with Gasteiger partial charge in [0.05, 0.1) is 11.1 Å². The Morgan fingerprint density at radius 3 is 2.11 bits per heavy atom. The lowest BCUT2D eigenvalue weighted by Crippen LogP contribution is -2.27. The van der Waals surface area contributed by atoms with Gasteiger partial charge in [0.2, 0.25) is 5.69 Å². The van der Waals surface area contributed by atoms with Crippen molar-refractivity contribution in [3.05, 3.63) is 121 Å². The molecule has 2 aliphatic heterocycles. The monoisotopic (exact) mass is 775 g/mol. The smallest absolute Gasteiger partial charge is 0.209 e. The van der Waals surface area contributed by atoms with E-state index in [-0.39, 0.29) is 10.8 Å². The molecule has 4 rings (SSSR count). The van der Waals surface area contributed by atoms with Gasteiger partial charge in [-0.15, -0.1) is 6.58 Å². The number of anilines is 1. The lowest BCUT2D eigenvalue weighted by Gasteiger charge is -2.27. The van der Waals surface area contributed by atoms with E-state index in [9.17, 15) is 0 Å². The van der Waals surface area contributed by atoms with Crippen molar-refractivity contribution < 1.29 is 4.58 Å². The van der Waals surface area contributed by atoms with E-state index in [1.807, 2.05) is 12.3 Å². The second kappa shape index (κ2) is 25.7. The zero-order chi connectivity index (χ0) is 41.4. The summed E-state index contributed by atoms with van der Waals surface area (Å²) >= 11 is 0. The summed E-state index contributed by atoms with van der Waals surface area (Å²) in [5.74, 6) is 5.76. The maximum atomic E-state index is 5.76. The van der Waals surface area contributed by atoms with Crippen LogP contribution < -0.4 is 21.8 Å². The number of allylic oxidation sites excluding steroid dienone is 7. The first kappa shape index (κ1) is 46.9. The highest BCUT2D eigenvalue weighted by Crippen LogP contribution is 2.47. The van der Waals surface area contributed by atoms with Gasteiger partial charge in [-0.25, -0.2) is 0 Å². The fourth-order valence-electron chi connectivity index (χ4n) is 8.13. The van der Waals surface area contributed by atoms with Gasteiger partial charge in [-0.2, -0.15) is 9.68 Å². The summed E-state index contributed by atoms with van der Waals surface area (Å²) in [7, 11) is 2.17. The van der Waals surface area contributed by atoms with Crippen LogP contribution in [0.4, 0.5) is 11.4 Å². The van der Waals surface area contributed by atoms with Crippen LogP contribution in [0.1, 0.15) is 129 Å². The molecule has 0 fully saturated rings. The quantitative estimate of drug-likeness (QED) is 0.0178. The van der Waals surface area contributed by atoms with Gasteiger partial charge in [0.25, 0.3) is 0 Å². The van der Waals surface area contributed by atoms with Crippen LogP contribution in [0.2, 0.25) is 0 Å². The molecule has 7 nitrogen and oxygen atoms in total. The molecule has 2 aromatic rings. The van der Waals surface area contributed by atoms with Crippen LogP contribution in [0.25, 0.3) is 0 Å². The first-order chi connectivity index (χ1) is 27.6.